The quantitative estimate of drug-likeness (QED) is 0.913. The zero-order valence-electron chi connectivity index (χ0n) is 11.5. The summed E-state index contributed by atoms with van der Waals surface area (Å²) in [4.78, 5) is 17.9. The summed E-state index contributed by atoms with van der Waals surface area (Å²) in [6, 6.07) is 6.48. The molecular formula is C15H16FN3O. The minimum absolute atomic E-state index is 0.0732. The van der Waals surface area contributed by atoms with Gasteiger partial charge in [-0.25, -0.2) is 9.37 Å². The third kappa shape index (κ3) is 2.09. The molecule has 3 rings (SSSR count). The maximum atomic E-state index is 13.8. The lowest BCUT2D eigenvalue weighted by Gasteiger charge is -2.16. The Morgan fingerprint density at radius 2 is 2.25 bits per heavy atom. The van der Waals surface area contributed by atoms with E-state index in [-0.39, 0.29) is 17.8 Å². The van der Waals surface area contributed by atoms with Gasteiger partial charge in [0.25, 0.3) is 0 Å². The van der Waals surface area contributed by atoms with Crippen LogP contribution in [0, 0.1) is 12.7 Å². The maximum absolute atomic E-state index is 13.8. The Balaban J connectivity index is 2.03. The Kier molecular flexibility index (Phi) is 3.04. The minimum Gasteiger partial charge on any atom is -0.373 e. The number of likely N-dealkylation sites (tertiary alicyclic amines) is 1. The summed E-state index contributed by atoms with van der Waals surface area (Å²) in [5.74, 6) is -0.270. The first-order chi connectivity index (χ1) is 9.56. The normalized spacial score (nSPS) is 18.9. The number of halogens is 1. The van der Waals surface area contributed by atoms with E-state index in [0.717, 1.165) is 24.3 Å². The molecule has 1 atom stereocenters. The Morgan fingerprint density at radius 1 is 1.45 bits per heavy atom. The molecule has 0 aliphatic carbocycles. The third-order valence-corrected chi connectivity index (χ3v) is 3.68. The molecule has 2 heterocycles. The average Bonchev–Trinajstić information content (AvgIpc) is 2.72. The summed E-state index contributed by atoms with van der Waals surface area (Å²) in [5, 5.41) is 3.94. The first kappa shape index (κ1) is 12.8. The number of pyridine rings is 1. The van der Waals surface area contributed by atoms with Crippen molar-refractivity contribution < 1.29 is 9.18 Å². The van der Waals surface area contributed by atoms with Crippen molar-refractivity contribution in [3.8, 4) is 0 Å². The number of para-hydroxylation sites is 1. The van der Waals surface area contributed by atoms with Gasteiger partial charge >= 0.3 is 0 Å². The van der Waals surface area contributed by atoms with Gasteiger partial charge in [-0.05, 0) is 25.5 Å². The molecule has 1 amide bonds. The second-order valence-corrected chi connectivity index (χ2v) is 5.19. The van der Waals surface area contributed by atoms with Gasteiger partial charge in [0.1, 0.15) is 17.4 Å². The van der Waals surface area contributed by atoms with Crippen LogP contribution in [0.2, 0.25) is 0 Å². The monoisotopic (exact) mass is 273 g/mol. The van der Waals surface area contributed by atoms with Gasteiger partial charge in [0.05, 0.1) is 0 Å². The highest BCUT2D eigenvalue weighted by Crippen LogP contribution is 2.27. The number of hydrogen-bond donors (Lipinski definition) is 1. The molecule has 104 valence electrons. The molecule has 2 aromatic rings. The van der Waals surface area contributed by atoms with Gasteiger partial charge in [-0.3, -0.25) is 4.79 Å². The number of rotatable bonds is 2. The first-order valence-electron chi connectivity index (χ1n) is 6.63. The zero-order chi connectivity index (χ0) is 14.3. The molecule has 20 heavy (non-hydrogen) atoms. The lowest BCUT2D eigenvalue weighted by atomic mass is 10.1. The average molecular weight is 273 g/mol. The van der Waals surface area contributed by atoms with Gasteiger partial charge in [-0.2, -0.15) is 0 Å². The number of benzene rings is 1. The van der Waals surface area contributed by atoms with Crippen LogP contribution in [0.4, 0.5) is 10.1 Å². The van der Waals surface area contributed by atoms with Gasteiger partial charge in [0, 0.05) is 30.4 Å². The van der Waals surface area contributed by atoms with E-state index in [0.29, 0.717) is 10.9 Å². The molecule has 1 aliphatic heterocycles. The molecule has 1 fully saturated rings. The Hall–Kier alpha value is -2.17. The van der Waals surface area contributed by atoms with Crippen molar-refractivity contribution in [1.29, 1.82) is 0 Å². The summed E-state index contributed by atoms with van der Waals surface area (Å²) in [6.45, 7) is 2.56. The Labute approximate surface area is 116 Å². The lowest BCUT2D eigenvalue weighted by molar-refractivity contribution is -0.127. The van der Waals surface area contributed by atoms with E-state index in [9.17, 15) is 9.18 Å². The molecule has 0 radical (unpaired) electrons. The summed E-state index contributed by atoms with van der Waals surface area (Å²) in [6.07, 6.45) is 0.757. The fraction of sp³-hybridized carbons (Fsp3) is 0.333. The van der Waals surface area contributed by atoms with E-state index in [1.54, 1.807) is 18.0 Å². The van der Waals surface area contributed by atoms with Gasteiger partial charge in [-0.15, -0.1) is 0 Å². The number of likely N-dealkylation sites (N-methyl/N-ethyl adjacent to an activating group) is 1. The smallest absolute Gasteiger partial charge is 0.244 e. The van der Waals surface area contributed by atoms with Crippen molar-refractivity contribution in [3.63, 3.8) is 0 Å². The minimum atomic E-state index is -0.343. The highest BCUT2D eigenvalue weighted by molar-refractivity contribution is 5.95. The van der Waals surface area contributed by atoms with E-state index >= 15 is 0 Å². The second kappa shape index (κ2) is 4.74. The van der Waals surface area contributed by atoms with Gasteiger partial charge in [0.15, 0.2) is 0 Å². The molecule has 0 bridgehead atoms. The van der Waals surface area contributed by atoms with Crippen LogP contribution in [0.3, 0.4) is 0 Å². The number of amides is 1. The number of carbonyl (C=O) groups is 1. The molecule has 5 heteroatoms. The molecule has 1 aliphatic rings. The van der Waals surface area contributed by atoms with Crippen LogP contribution in [-0.4, -0.2) is 35.4 Å². The van der Waals surface area contributed by atoms with Crippen LogP contribution in [0.25, 0.3) is 10.9 Å². The summed E-state index contributed by atoms with van der Waals surface area (Å²) < 4.78 is 13.8. The number of aryl methyl sites for hydroxylation is 1. The number of nitrogens with one attached hydrogen (secondary N) is 1. The number of anilines is 1. The largest absolute Gasteiger partial charge is 0.373 e. The number of fused-ring (bicyclic) bond motifs is 1. The van der Waals surface area contributed by atoms with E-state index in [1.165, 1.54) is 6.07 Å². The summed E-state index contributed by atoms with van der Waals surface area (Å²) in [7, 11) is 1.79. The number of hydrogen-bond acceptors (Lipinski definition) is 3. The van der Waals surface area contributed by atoms with E-state index < -0.39 is 0 Å². The van der Waals surface area contributed by atoms with Crippen molar-refractivity contribution >= 4 is 22.5 Å². The number of aromatic nitrogens is 1. The predicted octanol–water partition coefficient (Wildman–Crippen LogP) is 2.32. The van der Waals surface area contributed by atoms with Crippen LogP contribution < -0.4 is 5.32 Å². The zero-order valence-corrected chi connectivity index (χ0v) is 11.5. The van der Waals surface area contributed by atoms with Crippen LogP contribution in [0.1, 0.15) is 12.1 Å². The van der Waals surface area contributed by atoms with Crippen molar-refractivity contribution in [2.75, 3.05) is 18.9 Å². The van der Waals surface area contributed by atoms with E-state index in [1.807, 2.05) is 19.1 Å². The fourth-order valence-corrected chi connectivity index (χ4v) is 2.61. The fourth-order valence-electron chi connectivity index (χ4n) is 2.61. The van der Waals surface area contributed by atoms with Crippen LogP contribution >= 0.6 is 0 Å². The summed E-state index contributed by atoms with van der Waals surface area (Å²) in [5.41, 5.74) is 1.83. The maximum Gasteiger partial charge on any atom is 0.244 e. The third-order valence-electron chi connectivity index (χ3n) is 3.68. The molecule has 1 N–H and O–H groups in total. The molecule has 1 saturated heterocycles. The number of carbonyl (C=O) groups excluding carboxylic acids is 1. The molecule has 1 unspecified atom stereocenters. The van der Waals surface area contributed by atoms with Crippen molar-refractivity contribution in [2.45, 2.75) is 19.4 Å². The SMILES string of the molecule is Cc1cc(NC2CCN(C)C2=O)c2cccc(F)c2n1. The molecule has 0 saturated carbocycles. The molecule has 1 aromatic heterocycles. The highest BCUT2D eigenvalue weighted by Gasteiger charge is 2.29. The Morgan fingerprint density at radius 3 is 2.95 bits per heavy atom. The standard InChI is InChI=1S/C15H16FN3O/c1-9-8-13(18-12-6-7-19(2)15(12)20)10-4-3-5-11(16)14(10)17-9/h3-5,8,12H,6-7H2,1-2H3,(H,17,18). The topological polar surface area (TPSA) is 45.2 Å². The van der Waals surface area contributed by atoms with Crippen molar-refractivity contribution in [1.82, 2.24) is 9.88 Å². The van der Waals surface area contributed by atoms with Gasteiger partial charge in [-0.1, -0.05) is 12.1 Å². The van der Waals surface area contributed by atoms with E-state index in [4.69, 9.17) is 0 Å². The lowest BCUT2D eigenvalue weighted by Crippen LogP contribution is -2.31. The van der Waals surface area contributed by atoms with Crippen LogP contribution in [-0.2, 0) is 4.79 Å². The second-order valence-electron chi connectivity index (χ2n) is 5.19. The first-order valence-corrected chi connectivity index (χ1v) is 6.63. The molecule has 0 spiro atoms. The van der Waals surface area contributed by atoms with Gasteiger partial charge < -0.3 is 10.2 Å². The summed E-state index contributed by atoms with van der Waals surface area (Å²) >= 11 is 0. The van der Waals surface area contributed by atoms with Crippen molar-refractivity contribution in [3.05, 3.63) is 35.8 Å². The van der Waals surface area contributed by atoms with E-state index in [2.05, 4.69) is 10.3 Å². The predicted molar refractivity (Wildman–Crippen MR) is 76.1 cm³/mol. The van der Waals surface area contributed by atoms with Crippen LogP contribution in [0.5, 0.6) is 0 Å². The Bertz CT molecular complexity index is 686. The molecule has 1 aromatic carbocycles. The number of nitrogens with zero attached hydrogens (tertiary/aromatic N) is 2. The van der Waals surface area contributed by atoms with Gasteiger partial charge in [0.2, 0.25) is 5.91 Å². The molecule has 4 nitrogen and oxygen atoms in total. The van der Waals surface area contributed by atoms with Crippen LogP contribution in [0.15, 0.2) is 24.3 Å². The van der Waals surface area contributed by atoms with Crippen molar-refractivity contribution in [2.24, 2.45) is 0 Å². The molecular weight excluding hydrogens is 257 g/mol. The highest BCUT2D eigenvalue weighted by atomic mass is 19.1.